The highest BCUT2D eigenvalue weighted by molar-refractivity contribution is 7.00. The van der Waals surface area contributed by atoms with Crippen molar-refractivity contribution in [2.45, 2.75) is 52.4 Å². The molecule has 2 aliphatic rings. The molecule has 0 saturated carbocycles. The number of fused-ring (bicyclic) bond motifs is 13. The van der Waals surface area contributed by atoms with E-state index in [9.17, 15) is 0 Å². The molecule has 0 bridgehead atoms. The Balaban J connectivity index is 0.873. The van der Waals surface area contributed by atoms with Crippen LogP contribution in [0.25, 0.3) is 177 Å². The minimum absolute atomic E-state index is 0.299. The second-order valence-electron chi connectivity index (χ2n) is 36.7. The average Bonchev–Trinajstić information content (AvgIpc) is 0.920. The van der Waals surface area contributed by atoms with E-state index in [-0.39, 0.29) is 17.5 Å². The predicted molar refractivity (Wildman–Crippen MR) is 543 cm³/mol. The summed E-state index contributed by atoms with van der Waals surface area (Å²) >= 11 is 0. The molecular weight excluding hydrogens is 1550 g/mol. The second kappa shape index (κ2) is 30.0. The molecule has 3 aromatic heterocycles. The number of anilines is 6. The summed E-state index contributed by atoms with van der Waals surface area (Å²) in [5.41, 5.74) is 40.4. The number of para-hydroxylation sites is 5. The van der Waals surface area contributed by atoms with Gasteiger partial charge in [0.25, 0.3) is 6.71 Å². The molecule has 19 aromatic carbocycles. The van der Waals surface area contributed by atoms with Crippen molar-refractivity contribution in [3.8, 4) is 112 Å². The Hall–Kier alpha value is -15.8. The number of furan rings is 1. The van der Waals surface area contributed by atoms with Gasteiger partial charge in [0.2, 0.25) is 0 Å². The number of aromatic nitrogens is 2. The van der Waals surface area contributed by atoms with E-state index in [4.69, 9.17) is 4.42 Å². The van der Waals surface area contributed by atoms with E-state index in [0.29, 0.717) is 0 Å². The molecule has 5 heterocycles. The molecule has 0 atom stereocenters. The summed E-state index contributed by atoms with van der Waals surface area (Å²) in [7, 11) is 0. The monoisotopic (exact) mass is 1640 g/mol. The molecule has 128 heavy (non-hydrogen) atoms. The van der Waals surface area contributed by atoms with E-state index in [0.717, 1.165) is 167 Å². The Morgan fingerprint density at radius 2 is 0.516 bits per heavy atom. The molecule has 0 unspecified atom stereocenters. The predicted octanol–water partition coefficient (Wildman–Crippen LogP) is 31.5. The van der Waals surface area contributed by atoms with Crippen LogP contribution < -0.4 is 26.2 Å². The van der Waals surface area contributed by atoms with E-state index >= 15 is 0 Å². The van der Waals surface area contributed by atoms with E-state index in [1.165, 1.54) is 71.3 Å². The fourth-order valence-electron chi connectivity index (χ4n) is 20.7. The Kier molecular flexibility index (Phi) is 17.8. The zero-order valence-electron chi connectivity index (χ0n) is 72.3. The third kappa shape index (κ3) is 12.7. The Bertz CT molecular complexity index is 7690. The number of hydrogen-bond donors (Lipinski definition) is 0. The van der Waals surface area contributed by atoms with Crippen LogP contribution >= 0.6 is 0 Å². The van der Waals surface area contributed by atoms with Crippen molar-refractivity contribution >= 4 is 123 Å². The quantitative estimate of drug-likeness (QED) is 0.108. The van der Waals surface area contributed by atoms with Gasteiger partial charge >= 0.3 is 0 Å². The summed E-state index contributed by atoms with van der Waals surface area (Å²) in [6, 6.07) is 162. The lowest BCUT2D eigenvalue weighted by molar-refractivity contribution is 0.590. The fraction of sp³-hybridized carbons (Fsp3) is 0.0656. The maximum absolute atomic E-state index is 6.81. The minimum atomic E-state index is -0.360. The van der Waals surface area contributed by atoms with Crippen LogP contribution in [0, 0.1) is 0 Å². The average molecular weight is 1640 g/mol. The molecule has 2 aliphatic heterocycles. The number of rotatable bonds is 13. The normalized spacial score (nSPS) is 12.6. The lowest BCUT2D eigenvalue weighted by Crippen LogP contribution is -2.61. The molecule has 0 aliphatic carbocycles. The van der Waals surface area contributed by atoms with Crippen LogP contribution in [0.4, 0.5) is 34.1 Å². The van der Waals surface area contributed by atoms with Crippen molar-refractivity contribution in [1.29, 1.82) is 0 Å². The van der Waals surface area contributed by atoms with Crippen molar-refractivity contribution in [1.82, 2.24) is 9.13 Å². The lowest BCUT2D eigenvalue weighted by atomic mass is 9.33. The van der Waals surface area contributed by atoms with Gasteiger partial charge in [0.1, 0.15) is 11.2 Å². The number of hydrogen-bond acceptors (Lipinski definition) is 3. The molecule has 0 spiro atoms. The molecule has 0 amide bonds. The molecule has 0 saturated heterocycles. The first-order chi connectivity index (χ1) is 62.7. The smallest absolute Gasteiger partial charge is 0.252 e. The van der Waals surface area contributed by atoms with E-state index in [2.05, 4.69) is 491 Å². The third-order valence-electron chi connectivity index (χ3n) is 26.9. The lowest BCUT2D eigenvalue weighted by Gasteiger charge is -2.46. The number of benzene rings is 19. The molecule has 606 valence electrons. The fourth-order valence-corrected chi connectivity index (χ4v) is 20.7. The Morgan fingerprint density at radius 1 is 0.211 bits per heavy atom. The van der Waals surface area contributed by atoms with Crippen molar-refractivity contribution in [3.63, 3.8) is 0 Å². The van der Waals surface area contributed by atoms with Crippen LogP contribution in [-0.4, -0.2) is 15.8 Å². The molecule has 22 aromatic rings. The molecule has 5 nitrogen and oxygen atoms in total. The molecule has 0 N–H and O–H groups in total. The third-order valence-corrected chi connectivity index (χ3v) is 26.9. The highest BCUT2D eigenvalue weighted by Crippen LogP contribution is 2.57. The largest absolute Gasteiger partial charge is 0.456 e. The van der Waals surface area contributed by atoms with Gasteiger partial charge < -0.3 is 23.4 Å². The summed E-state index contributed by atoms with van der Waals surface area (Å²) in [5, 5.41) is 6.94. The van der Waals surface area contributed by atoms with Crippen molar-refractivity contribution in [2.75, 3.05) is 9.80 Å². The van der Waals surface area contributed by atoms with E-state index in [1.807, 2.05) is 0 Å². The summed E-state index contributed by atoms with van der Waals surface area (Å²) in [5.74, 6) is 0. The summed E-state index contributed by atoms with van der Waals surface area (Å²) in [6.45, 7) is 13.9. The van der Waals surface area contributed by atoms with Gasteiger partial charge in [0.05, 0.1) is 33.4 Å². The zero-order chi connectivity index (χ0) is 85.6. The van der Waals surface area contributed by atoms with E-state index in [1.54, 1.807) is 0 Å². The zero-order valence-corrected chi connectivity index (χ0v) is 72.3. The first-order valence-electron chi connectivity index (χ1n) is 44.7. The SMILES string of the molecule is CC(C)(C)c1cc(-c2ccccc2)c(N2c3cc(-n4c5ccccc5c5ccccc54)ccc3B3c4ccc(-n5c6ccccc6c6ccccc65)cc4N(c4c(-c5ccccc5)cc(C(C)(C)C)cc4-c4cccc(-c5cccc(-c6ccccc6)c5)c4)c4cc(-c5ccc6oc7ccccc7c6c5)cc2c43)c(-c2cccc(-c3cccc(-c4ccccc4)c3)c2)c1. The Morgan fingerprint density at radius 3 is 0.906 bits per heavy atom. The van der Waals surface area contributed by atoms with Crippen LogP contribution in [0.15, 0.2) is 435 Å². The maximum atomic E-state index is 6.81. The summed E-state index contributed by atoms with van der Waals surface area (Å²) in [6.07, 6.45) is 0. The van der Waals surface area contributed by atoms with Crippen molar-refractivity contribution < 1.29 is 4.42 Å². The second-order valence-corrected chi connectivity index (χ2v) is 36.7. The summed E-state index contributed by atoms with van der Waals surface area (Å²) < 4.78 is 11.8. The highest BCUT2D eigenvalue weighted by Gasteiger charge is 2.47. The van der Waals surface area contributed by atoms with Crippen LogP contribution in [0.3, 0.4) is 0 Å². The first-order valence-corrected chi connectivity index (χ1v) is 44.7. The van der Waals surface area contributed by atoms with Crippen LogP contribution in [0.1, 0.15) is 52.7 Å². The van der Waals surface area contributed by atoms with Gasteiger partial charge in [0.15, 0.2) is 0 Å². The van der Waals surface area contributed by atoms with Gasteiger partial charge in [-0.3, -0.25) is 0 Å². The van der Waals surface area contributed by atoms with E-state index < -0.39 is 0 Å². The van der Waals surface area contributed by atoms with Gasteiger partial charge in [-0.1, -0.05) is 345 Å². The highest BCUT2D eigenvalue weighted by atomic mass is 16.3. The van der Waals surface area contributed by atoms with Crippen molar-refractivity contribution in [3.05, 3.63) is 442 Å². The van der Waals surface area contributed by atoms with Gasteiger partial charge in [-0.25, -0.2) is 0 Å². The first kappa shape index (κ1) is 75.9. The summed E-state index contributed by atoms with van der Waals surface area (Å²) in [4.78, 5) is 5.49. The van der Waals surface area contributed by atoms with Crippen molar-refractivity contribution in [2.24, 2.45) is 0 Å². The van der Waals surface area contributed by atoms with Crippen LogP contribution in [0.2, 0.25) is 0 Å². The minimum Gasteiger partial charge on any atom is -0.456 e. The van der Waals surface area contributed by atoms with Gasteiger partial charge in [-0.2, -0.15) is 0 Å². The van der Waals surface area contributed by atoms with Crippen LogP contribution in [0.5, 0.6) is 0 Å². The molecule has 6 heteroatoms. The standard InChI is InChI=1S/C122H89BN4O/c1-121(2,3)92-72-101(80-37-15-9-16-38-80)119(103(74-92)89-47-31-45-86(67-89)84-43-29-41-82(65-84)78-33-11-7-12-34-78)126-112-76-94(124-108-54-24-19-49-96(108)97-50-20-25-55-109(97)124)60-62-106(112)123-107-63-61-95(125-110-56-26-21-51-98(110)99-52-22-27-57-111(99)125)77-113(107)127(115-71-91(70-114(126)118(115)123)88-59-64-117-105(69-88)100-53-23-28-58-116(100)128-117)120-102(81-39-17-10-18-40-81)73-93(122(4,5)6)75-104(120)90-48-32-46-87(68-90)85-44-30-42-83(66-85)79-35-13-8-14-36-79/h7-77H,1-6H3. The molecule has 0 fully saturated rings. The topological polar surface area (TPSA) is 29.5 Å². The number of nitrogens with zero attached hydrogens (tertiary/aromatic N) is 4. The molecule has 0 radical (unpaired) electrons. The Labute approximate surface area is 746 Å². The maximum Gasteiger partial charge on any atom is 0.252 e. The molecule has 24 rings (SSSR count). The van der Waals surface area contributed by atoms with Crippen LogP contribution in [-0.2, 0) is 10.8 Å². The molecular formula is C122H89BN4O. The van der Waals surface area contributed by atoms with Gasteiger partial charge in [0, 0.05) is 88.7 Å². The van der Waals surface area contributed by atoms with Gasteiger partial charge in [-0.05, 0) is 244 Å². The van der Waals surface area contributed by atoms with Gasteiger partial charge in [-0.15, -0.1) is 0 Å².